The number of hydrogen-bond donors (Lipinski definition) is 2. The summed E-state index contributed by atoms with van der Waals surface area (Å²) < 4.78 is 0. The third-order valence-corrected chi connectivity index (χ3v) is 2.52. The van der Waals surface area contributed by atoms with Gasteiger partial charge in [0.15, 0.2) is 0 Å². The zero-order chi connectivity index (χ0) is 9.84. The number of carbonyl (C=O) groups excluding carboxylic acids is 1. The fraction of sp³-hybridized carbons (Fsp3) is 0.429. The van der Waals surface area contributed by atoms with E-state index < -0.39 is 0 Å². The molecular formula is C7H9BrN2O2S. The lowest BCUT2D eigenvalue weighted by Crippen LogP contribution is -2.29. The van der Waals surface area contributed by atoms with Gasteiger partial charge in [0, 0.05) is 11.1 Å². The summed E-state index contributed by atoms with van der Waals surface area (Å²) in [5, 5.41) is 4.36. The molecule has 0 aromatic carbocycles. The van der Waals surface area contributed by atoms with E-state index in [1.54, 1.807) is 12.3 Å². The maximum absolute atomic E-state index is 11.1. The van der Waals surface area contributed by atoms with E-state index in [-0.39, 0.29) is 15.6 Å². The molecule has 6 heteroatoms. The Bertz CT molecular complexity index is 344. The second kappa shape index (κ2) is 4.57. The molecule has 0 aliphatic rings. The van der Waals surface area contributed by atoms with Crippen molar-refractivity contribution in [3.05, 3.63) is 20.7 Å². The fourth-order valence-electron chi connectivity index (χ4n) is 0.724. The van der Waals surface area contributed by atoms with E-state index in [9.17, 15) is 9.59 Å². The predicted molar refractivity (Wildman–Crippen MR) is 55.2 cm³/mol. The van der Waals surface area contributed by atoms with E-state index in [2.05, 4.69) is 26.2 Å². The molecule has 0 saturated carbocycles. The van der Waals surface area contributed by atoms with Crippen molar-refractivity contribution in [2.45, 2.75) is 18.3 Å². The van der Waals surface area contributed by atoms with Crippen molar-refractivity contribution in [1.29, 1.82) is 0 Å². The van der Waals surface area contributed by atoms with Crippen LogP contribution in [0.15, 0.2) is 10.2 Å². The van der Waals surface area contributed by atoms with Crippen LogP contribution in [0.3, 0.4) is 0 Å². The van der Waals surface area contributed by atoms with Crippen LogP contribution < -0.4 is 10.2 Å². The topological polar surface area (TPSA) is 62.0 Å². The van der Waals surface area contributed by atoms with Crippen molar-refractivity contribution in [2.75, 3.05) is 0 Å². The molecule has 1 rings (SSSR count). The second-order valence-electron chi connectivity index (χ2n) is 2.51. The van der Waals surface area contributed by atoms with Crippen LogP contribution in [-0.4, -0.2) is 15.7 Å². The molecule has 0 bridgehead atoms. The Hall–Kier alpha value is -0.620. The van der Waals surface area contributed by atoms with Crippen LogP contribution in [-0.2, 0) is 11.3 Å². The van der Waals surface area contributed by atoms with Crippen molar-refractivity contribution in [3.63, 3.8) is 0 Å². The largest absolute Gasteiger partial charge is 0.350 e. The number of thiazole rings is 1. The van der Waals surface area contributed by atoms with Crippen molar-refractivity contribution >= 4 is 33.2 Å². The molecule has 0 aliphatic heterocycles. The number of carbonyl (C=O) groups is 1. The normalized spacial score (nSPS) is 12.5. The molecule has 0 saturated heterocycles. The minimum atomic E-state index is -0.210. The van der Waals surface area contributed by atoms with Crippen LogP contribution in [0.25, 0.3) is 0 Å². The van der Waals surface area contributed by atoms with E-state index >= 15 is 0 Å². The third kappa shape index (κ3) is 3.31. The number of amides is 1. The Kier molecular flexibility index (Phi) is 3.68. The van der Waals surface area contributed by atoms with Crippen molar-refractivity contribution < 1.29 is 4.79 Å². The average Bonchev–Trinajstić information content (AvgIpc) is 2.47. The number of aromatic nitrogens is 1. The number of nitrogens with one attached hydrogen (secondary N) is 2. The molecule has 1 aromatic heterocycles. The molecule has 1 heterocycles. The number of halogens is 1. The Morgan fingerprint density at radius 3 is 3.00 bits per heavy atom. The van der Waals surface area contributed by atoms with Crippen LogP contribution in [0.5, 0.6) is 0 Å². The Morgan fingerprint density at radius 1 is 1.85 bits per heavy atom. The summed E-state index contributed by atoms with van der Waals surface area (Å²) in [6.07, 6.45) is 0. The van der Waals surface area contributed by atoms with Crippen molar-refractivity contribution in [2.24, 2.45) is 0 Å². The number of aromatic amines is 1. The third-order valence-electron chi connectivity index (χ3n) is 1.39. The average molecular weight is 265 g/mol. The highest BCUT2D eigenvalue weighted by Crippen LogP contribution is 1.98. The van der Waals surface area contributed by atoms with Gasteiger partial charge in [-0.3, -0.25) is 9.59 Å². The summed E-state index contributed by atoms with van der Waals surface area (Å²) in [6.45, 7) is 2.11. The molecule has 1 aromatic rings. The highest BCUT2D eigenvalue weighted by Gasteiger charge is 2.07. The minimum absolute atomic E-state index is 0.0907. The van der Waals surface area contributed by atoms with Gasteiger partial charge in [-0.05, 0) is 6.92 Å². The van der Waals surface area contributed by atoms with Gasteiger partial charge in [0.1, 0.15) is 0 Å². The fourth-order valence-corrected chi connectivity index (χ4v) is 1.47. The lowest BCUT2D eigenvalue weighted by atomic mass is 10.4. The first kappa shape index (κ1) is 10.5. The summed E-state index contributed by atoms with van der Waals surface area (Å²) in [7, 11) is 0. The van der Waals surface area contributed by atoms with Gasteiger partial charge in [-0.1, -0.05) is 27.3 Å². The van der Waals surface area contributed by atoms with Gasteiger partial charge in [-0.25, -0.2) is 0 Å². The molecule has 1 unspecified atom stereocenters. The van der Waals surface area contributed by atoms with E-state index in [0.717, 1.165) is 17.0 Å². The van der Waals surface area contributed by atoms with Crippen molar-refractivity contribution in [3.8, 4) is 0 Å². The molecular weight excluding hydrogens is 256 g/mol. The zero-order valence-electron chi connectivity index (χ0n) is 6.96. The Labute approximate surface area is 87.5 Å². The molecule has 72 valence electrons. The Morgan fingerprint density at radius 2 is 2.54 bits per heavy atom. The number of H-pyrrole nitrogens is 1. The number of alkyl halides is 1. The van der Waals surface area contributed by atoms with E-state index in [1.807, 2.05) is 0 Å². The molecule has 1 atom stereocenters. The van der Waals surface area contributed by atoms with Crippen LogP contribution in [0.2, 0.25) is 0 Å². The van der Waals surface area contributed by atoms with Gasteiger partial charge in [0.2, 0.25) is 5.91 Å². The number of rotatable bonds is 3. The zero-order valence-corrected chi connectivity index (χ0v) is 9.37. The molecule has 2 N–H and O–H groups in total. The molecule has 13 heavy (non-hydrogen) atoms. The maximum Gasteiger partial charge on any atom is 0.304 e. The molecule has 0 spiro atoms. The summed E-state index contributed by atoms with van der Waals surface area (Å²) >= 11 is 4.23. The highest BCUT2D eigenvalue weighted by atomic mass is 79.9. The van der Waals surface area contributed by atoms with Gasteiger partial charge >= 0.3 is 4.87 Å². The standard InChI is InChI=1S/C7H9BrN2O2S/c1-4(8)6(11)9-2-5-3-13-7(12)10-5/h3-4H,2H2,1H3,(H,9,11)(H,10,12). The lowest BCUT2D eigenvalue weighted by molar-refractivity contribution is -0.120. The lowest BCUT2D eigenvalue weighted by Gasteiger charge is -2.03. The molecule has 4 nitrogen and oxygen atoms in total. The Balaban J connectivity index is 2.44. The first-order chi connectivity index (χ1) is 6.09. The maximum atomic E-state index is 11.1. The molecule has 0 fully saturated rings. The summed E-state index contributed by atoms with van der Waals surface area (Å²) in [5.41, 5.74) is 0.733. The first-order valence-corrected chi connectivity index (χ1v) is 5.47. The van der Waals surface area contributed by atoms with Gasteiger partial charge in [-0.2, -0.15) is 0 Å². The SMILES string of the molecule is CC(Br)C(=O)NCc1csc(=O)[nH]1. The minimum Gasteiger partial charge on any atom is -0.350 e. The monoisotopic (exact) mass is 264 g/mol. The molecule has 0 radical (unpaired) electrons. The second-order valence-corrected chi connectivity index (χ2v) is 4.72. The van der Waals surface area contributed by atoms with Gasteiger partial charge in [0.05, 0.1) is 11.4 Å². The molecule has 0 aliphatic carbocycles. The van der Waals surface area contributed by atoms with E-state index in [4.69, 9.17) is 0 Å². The first-order valence-electron chi connectivity index (χ1n) is 3.68. The quantitative estimate of drug-likeness (QED) is 0.795. The molecule has 1 amide bonds. The highest BCUT2D eigenvalue weighted by molar-refractivity contribution is 9.10. The van der Waals surface area contributed by atoms with Crippen molar-refractivity contribution in [1.82, 2.24) is 10.3 Å². The van der Waals surface area contributed by atoms with E-state index in [0.29, 0.717) is 6.54 Å². The smallest absolute Gasteiger partial charge is 0.304 e. The van der Waals surface area contributed by atoms with Gasteiger partial charge in [-0.15, -0.1) is 0 Å². The predicted octanol–water partition coefficient (Wildman–Crippen LogP) is 0.836. The van der Waals surface area contributed by atoms with Crippen LogP contribution in [0, 0.1) is 0 Å². The van der Waals surface area contributed by atoms with Crippen LogP contribution >= 0.6 is 27.3 Å². The van der Waals surface area contributed by atoms with Gasteiger partial charge < -0.3 is 10.3 Å². The summed E-state index contributed by atoms with van der Waals surface area (Å²) in [6, 6.07) is 0. The summed E-state index contributed by atoms with van der Waals surface area (Å²) in [4.78, 5) is 24.1. The number of hydrogen-bond acceptors (Lipinski definition) is 3. The van der Waals surface area contributed by atoms with Gasteiger partial charge in [0.25, 0.3) is 0 Å². The summed E-state index contributed by atoms with van der Waals surface area (Å²) in [5.74, 6) is -0.0907. The van der Waals surface area contributed by atoms with Crippen LogP contribution in [0.4, 0.5) is 0 Å². The van der Waals surface area contributed by atoms with Crippen LogP contribution in [0.1, 0.15) is 12.6 Å². The van der Waals surface area contributed by atoms with E-state index in [1.165, 1.54) is 0 Å².